The Balaban J connectivity index is 1.56. The highest BCUT2D eigenvalue weighted by Crippen LogP contribution is 2.25. The van der Waals surface area contributed by atoms with E-state index in [0.717, 1.165) is 17.3 Å². The monoisotopic (exact) mass is 385 g/mol. The second-order valence-electron chi connectivity index (χ2n) is 6.27. The first kappa shape index (κ1) is 19.1. The molecule has 0 radical (unpaired) electrons. The van der Waals surface area contributed by atoms with Crippen molar-refractivity contribution in [2.24, 2.45) is 0 Å². The number of nitrogens with one attached hydrogen (secondary N) is 1. The maximum Gasteiger partial charge on any atom is 0.277 e. The summed E-state index contributed by atoms with van der Waals surface area (Å²) in [6, 6.07) is 12.2. The van der Waals surface area contributed by atoms with Crippen LogP contribution >= 0.6 is 11.8 Å². The van der Waals surface area contributed by atoms with Crippen molar-refractivity contribution in [3.05, 3.63) is 65.0 Å². The van der Waals surface area contributed by atoms with E-state index in [2.05, 4.69) is 28.5 Å². The number of hydrogen-bond donors (Lipinski definition) is 1. The van der Waals surface area contributed by atoms with Crippen LogP contribution in [-0.4, -0.2) is 21.9 Å². The van der Waals surface area contributed by atoms with Crippen molar-refractivity contribution >= 4 is 17.7 Å². The van der Waals surface area contributed by atoms with E-state index in [0.29, 0.717) is 0 Å². The highest BCUT2D eigenvalue weighted by molar-refractivity contribution is 7.99. The fourth-order valence-electron chi connectivity index (χ4n) is 2.54. The van der Waals surface area contributed by atoms with Gasteiger partial charge in [-0.1, -0.05) is 42.1 Å². The maximum atomic E-state index is 13.8. The molecular weight excluding hydrogens is 365 g/mol. The van der Waals surface area contributed by atoms with Crippen LogP contribution in [-0.2, 0) is 4.79 Å². The van der Waals surface area contributed by atoms with Crippen molar-refractivity contribution in [2.75, 3.05) is 5.75 Å². The van der Waals surface area contributed by atoms with Gasteiger partial charge in [0.15, 0.2) is 0 Å². The topological polar surface area (TPSA) is 68.0 Å². The van der Waals surface area contributed by atoms with Crippen LogP contribution in [0.2, 0.25) is 0 Å². The lowest BCUT2D eigenvalue weighted by Gasteiger charge is -2.15. The fraction of sp³-hybridized carbons (Fsp3) is 0.250. The summed E-state index contributed by atoms with van der Waals surface area (Å²) >= 11 is 1.12. The van der Waals surface area contributed by atoms with Gasteiger partial charge in [0, 0.05) is 0 Å². The molecule has 0 aliphatic rings. The van der Waals surface area contributed by atoms with Crippen LogP contribution in [0.1, 0.15) is 29.7 Å². The van der Waals surface area contributed by atoms with E-state index in [4.69, 9.17) is 4.42 Å². The lowest BCUT2D eigenvalue weighted by Crippen LogP contribution is -2.28. The Kier molecular flexibility index (Phi) is 5.91. The number of benzene rings is 2. The minimum absolute atomic E-state index is 0.0968. The second kappa shape index (κ2) is 8.35. The zero-order chi connectivity index (χ0) is 19.4. The Morgan fingerprint density at radius 2 is 1.96 bits per heavy atom. The molecule has 1 amide bonds. The van der Waals surface area contributed by atoms with Crippen molar-refractivity contribution in [3.63, 3.8) is 0 Å². The number of carbonyl (C=O) groups excluding carboxylic acids is 1. The molecule has 7 heteroatoms. The standard InChI is InChI=1S/C20H20FN3O2S/c1-12-8-9-15(10-13(12)2)14(3)22-18(25)11-27-20-24-23-19(26-20)16-6-4-5-7-17(16)21/h4-10,14H,11H2,1-3H3,(H,22,25)/t14-/m1/s1. The third kappa shape index (κ3) is 4.74. The highest BCUT2D eigenvalue weighted by Gasteiger charge is 2.15. The molecular formula is C20H20FN3O2S. The van der Waals surface area contributed by atoms with E-state index in [-0.39, 0.29) is 34.4 Å². The van der Waals surface area contributed by atoms with Gasteiger partial charge in [0.25, 0.3) is 11.1 Å². The molecule has 0 bridgehead atoms. The number of amides is 1. The van der Waals surface area contributed by atoms with Crippen molar-refractivity contribution in [1.82, 2.24) is 15.5 Å². The Morgan fingerprint density at radius 3 is 2.70 bits per heavy atom. The molecule has 0 aliphatic carbocycles. The van der Waals surface area contributed by atoms with Gasteiger partial charge in [-0.15, -0.1) is 10.2 Å². The fourth-order valence-corrected chi connectivity index (χ4v) is 3.11. The van der Waals surface area contributed by atoms with Crippen LogP contribution in [0.3, 0.4) is 0 Å². The van der Waals surface area contributed by atoms with Gasteiger partial charge < -0.3 is 9.73 Å². The van der Waals surface area contributed by atoms with Gasteiger partial charge >= 0.3 is 0 Å². The van der Waals surface area contributed by atoms with Crippen molar-refractivity contribution < 1.29 is 13.6 Å². The number of nitrogens with zero attached hydrogens (tertiary/aromatic N) is 2. The molecule has 27 heavy (non-hydrogen) atoms. The van der Waals surface area contributed by atoms with Crippen LogP contribution in [0.15, 0.2) is 52.1 Å². The number of aromatic nitrogens is 2. The van der Waals surface area contributed by atoms with Crippen LogP contribution < -0.4 is 5.32 Å². The molecule has 5 nitrogen and oxygen atoms in total. The Morgan fingerprint density at radius 1 is 1.19 bits per heavy atom. The van der Waals surface area contributed by atoms with Gasteiger partial charge in [0.2, 0.25) is 5.91 Å². The predicted octanol–water partition coefficient (Wildman–Crippen LogP) is 4.46. The summed E-state index contributed by atoms with van der Waals surface area (Å²) < 4.78 is 19.2. The molecule has 0 saturated heterocycles. The van der Waals surface area contributed by atoms with Gasteiger partial charge in [-0.05, 0) is 49.6 Å². The minimum atomic E-state index is -0.433. The first-order chi connectivity index (χ1) is 12.9. The third-order valence-electron chi connectivity index (χ3n) is 4.25. The van der Waals surface area contributed by atoms with E-state index in [1.54, 1.807) is 18.2 Å². The molecule has 140 valence electrons. The molecule has 0 unspecified atom stereocenters. The molecule has 0 fully saturated rings. The lowest BCUT2D eigenvalue weighted by molar-refractivity contribution is -0.119. The summed E-state index contributed by atoms with van der Waals surface area (Å²) in [5.41, 5.74) is 3.70. The van der Waals surface area contributed by atoms with Crippen LogP contribution in [0, 0.1) is 19.7 Å². The van der Waals surface area contributed by atoms with E-state index < -0.39 is 5.82 Å². The SMILES string of the molecule is Cc1ccc([C@@H](C)NC(=O)CSc2nnc(-c3ccccc3F)o2)cc1C. The number of halogens is 1. The average Bonchev–Trinajstić information content (AvgIpc) is 3.11. The predicted molar refractivity (Wildman–Crippen MR) is 103 cm³/mol. The third-order valence-corrected chi connectivity index (χ3v) is 5.06. The molecule has 0 saturated carbocycles. The summed E-state index contributed by atoms with van der Waals surface area (Å²) in [4.78, 5) is 12.2. The molecule has 1 N–H and O–H groups in total. The van der Waals surface area contributed by atoms with Crippen LogP contribution in [0.25, 0.3) is 11.5 Å². The van der Waals surface area contributed by atoms with Gasteiger partial charge in [-0.2, -0.15) is 0 Å². The highest BCUT2D eigenvalue weighted by atomic mass is 32.2. The van der Waals surface area contributed by atoms with Gasteiger partial charge in [0.1, 0.15) is 5.82 Å². The van der Waals surface area contributed by atoms with E-state index >= 15 is 0 Å². The number of carbonyl (C=O) groups is 1. The number of rotatable bonds is 6. The summed E-state index contributed by atoms with van der Waals surface area (Å²) in [6.45, 7) is 6.04. The van der Waals surface area contributed by atoms with E-state index in [1.807, 2.05) is 26.0 Å². The maximum absolute atomic E-state index is 13.8. The quantitative estimate of drug-likeness (QED) is 0.635. The summed E-state index contributed by atoms with van der Waals surface area (Å²) in [5.74, 6) is -0.345. The molecule has 2 aromatic carbocycles. The number of hydrogen-bond acceptors (Lipinski definition) is 5. The molecule has 3 aromatic rings. The molecule has 0 aliphatic heterocycles. The van der Waals surface area contributed by atoms with Gasteiger partial charge in [-0.3, -0.25) is 4.79 Å². The van der Waals surface area contributed by atoms with Crippen LogP contribution in [0.4, 0.5) is 4.39 Å². The molecule has 0 spiro atoms. The smallest absolute Gasteiger partial charge is 0.277 e. The number of thioether (sulfide) groups is 1. The minimum Gasteiger partial charge on any atom is -0.411 e. The molecule has 3 rings (SSSR count). The van der Waals surface area contributed by atoms with Crippen LogP contribution in [0.5, 0.6) is 0 Å². The van der Waals surface area contributed by atoms with Crippen molar-refractivity contribution in [3.8, 4) is 11.5 Å². The second-order valence-corrected chi connectivity index (χ2v) is 7.20. The zero-order valence-electron chi connectivity index (χ0n) is 15.3. The van der Waals surface area contributed by atoms with E-state index in [9.17, 15) is 9.18 Å². The van der Waals surface area contributed by atoms with E-state index in [1.165, 1.54) is 17.2 Å². The molecule has 1 atom stereocenters. The molecule has 1 aromatic heterocycles. The zero-order valence-corrected chi connectivity index (χ0v) is 16.1. The molecule has 1 heterocycles. The number of aryl methyl sites for hydroxylation is 2. The average molecular weight is 385 g/mol. The Labute approximate surface area is 161 Å². The summed E-state index contributed by atoms with van der Waals surface area (Å²) in [5, 5.41) is 10.9. The largest absolute Gasteiger partial charge is 0.411 e. The van der Waals surface area contributed by atoms with Crippen molar-refractivity contribution in [1.29, 1.82) is 0 Å². The summed E-state index contributed by atoms with van der Waals surface area (Å²) in [7, 11) is 0. The first-order valence-electron chi connectivity index (χ1n) is 8.52. The first-order valence-corrected chi connectivity index (χ1v) is 9.50. The normalized spacial score (nSPS) is 12.0. The van der Waals surface area contributed by atoms with Crippen molar-refractivity contribution in [2.45, 2.75) is 32.0 Å². The van der Waals surface area contributed by atoms with Gasteiger partial charge in [0.05, 0.1) is 17.4 Å². The summed E-state index contributed by atoms with van der Waals surface area (Å²) in [6.07, 6.45) is 0. The lowest BCUT2D eigenvalue weighted by atomic mass is 10.0. The Hall–Kier alpha value is -2.67. The van der Waals surface area contributed by atoms with Gasteiger partial charge in [-0.25, -0.2) is 4.39 Å². The Bertz CT molecular complexity index is 958.